The number of carboxylic acids is 1. The predicted octanol–water partition coefficient (Wildman–Crippen LogP) is 6.30. The Bertz CT molecular complexity index is 1330. The van der Waals surface area contributed by atoms with Crippen molar-refractivity contribution >= 4 is 11.5 Å². The summed E-state index contributed by atoms with van der Waals surface area (Å²) in [7, 11) is 1.60. The van der Waals surface area contributed by atoms with Crippen molar-refractivity contribution in [3.8, 4) is 22.9 Å². The van der Waals surface area contributed by atoms with Crippen molar-refractivity contribution in [3.05, 3.63) is 71.8 Å². The summed E-state index contributed by atoms with van der Waals surface area (Å²) in [5.41, 5.74) is 5.51. The highest BCUT2D eigenvalue weighted by molar-refractivity contribution is 5.80. The van der Waals surface area contributed by atoms with E-state index in [0.29, 0.717) is 17.5 Å². The van der Waals surface area contributed by atoms with Crippen molar-refractivity contribution in [2.45, 2.75) is 58.5 Å². The van der Waals surface area contributed by atoms with E-state index in [9.17, 15) is 9.90 Å². The van der Waals surface area contributed by atoms with Crippen molar-refractivity contribution in [3.63, 3.8) is 0 Å². The number of ether oxygens (including phenoxy) is 2. The first-order valence-electron chi connectivity index (χ1n) is 12.9. The lowest BCUT2D eigenvalue weighted by molar-refractivity contribution is -0.137. The minimum absolute atomic E-state index is 0.00365. The predicted molar refractivity (Wildman–Crippen MR) is 141 cm³/mol. The number of pyridine rings is 1. The minimum Gasteiger partial charge on any atom is -0.487 e. The highest BCUT2D eigenvalue weighted by Crippen LogP contribution is 2.46. The van der Waals surface area contributed by atoms with Crippen LogP contribution in [0.25, 0.3) is 16.8 Å². The monoisotopic (exact) mass is 499 g/mol. The molecule has 7 nitrogen and oxygen atoms in total. The number of rotatable bonds is 10. The van der Waals surface area contributed by atoms with Gasteiger partial charge in [-0.05, 0) is 72.3 Å². The first-order valence-corrected chi connectivity index (χ1v) is 12.9. The molecule has 7 heteroatoms. The topological polar surface area (TPSA) is 94.4 Å². The molecular weight excluding hydrogens is 466 g/mol. The van der Waals surface area contributed by atoms with Crippen molar-refractivity contribution in [2.75, 3.05) is 7.11 Å². The van der Waals surface area contributed by atoms with Gasteiger partial charge in [0.15, 0.2) is 0 Å². The molecule has 0 bridgehead atoms. The van der Waals surface area contributed by atoms with E-state index in [1.807, 2.05) is 36.4 Å². The number of hydrogen-bond acceptors (Lipinski definition) is 6. The summed E-state index contributed by atoms with van der Waals surface area (Å²) in [5, 5.41) is 9.37. The van der Waals surface area contributed by atoms with Crippen LogP contribution in [0.5, 0.6) is 11.6 Å². The van der Waals surface area contributed by atoms with Gasteiger partial charge in [-0.15, -0.1) is 0 Å². The Balaban J connectivity index is 1.42. The molecule has 1 atom stereocenters. The van der Waals surface area contributed by atoms with E-state index >= 15 is 0 Å². The van der Waals surface area contributed by atoms with Crippen molar-refractivity contribution < 1.29 is 19.4 Å². The van der Waals surface area contributed by atoms with Crippen LogP contribution in [-0.4, -0.2) is 33.1 Å². The molecule has 2 aromatic heterocycles. The van der Waals surface area contributed by atoms with Gasteiger partial charge in [-0.1, -0.05) is 32.1 Å². The molecule has 2 aliphatic rings. The van der Waals surface area contributed by atoms with Gasteiger partial charge in [0, 0.05) is 17.8 Å². The molecule has 192 valence electrons. The average molecular weight is 500 g/mol. The number of nitrogens with zero attached hydrogens (tertiary/aromatic N) is 3. The maximum Gasteiger partial charge on any atom is 0.303 e. The fraction of sp³-hybridized carbons (Fsp3) is 0.400. The fourth-order valence-electron chi connectivity index (χ4n) is 5.20. The number of carboxylic acid groups (broad SMARTS) is 1. The zero-order chi connectivity index (χ0) is 26.0. The maximum atomic E-state index is 11.4. The standard InChI is InChI=1S/C30H33N3O4/c1-30(2)12-5-8-25(30)29-28(21-11-13-31-26(15-21)36-3)32-17-22(33-29)18-37-23-7-4-6-20(14-23)24(16-27(34)35)19-9-10-19/h4,6-8,11,13-15,17,19,24H,5,9-10,12,16,18H2,1-3H3,(H,34,35)/t24-/m0/s1. The molecule has 1 saturated carbocycles. The molecule has 0 amide bonds. The molecule has 0 unspecified atom stereocenters. The number of carbonyl (C=O) groups is 1. The second kappa shape index (κ2) is 10.3. The van der Waals surface area contributed by atoms with Gasteiger partial charge < -0.3 is 14.6 Å². The highest BCUT2D eigenvalue weighted by Gasteiger charge is 2.34. The van der Waals surface area contributed by atoms with E-state index < -0.39 is 5.97 Å². The molecule has 0 saturated heterocycles. The van der Waals surface area contributed by atoms with Gasteiger partial charge in [-0.2, -0.15) is 0 Å². The second-order valence-electron chi connectivity index (χ2n) is 10.6. The first kappa shape index (κ1) is 24.9. The third kappa shape index (κ3) is 5.66. The van der Waals surface area contributed by atoms with Gasteiger partial charge in [0.05, 0.1) is 36.8 Å². The molecule has 2 heterocycles. The second-order valence-corrected chi connectivity index (χ2v) is 10.6. The van der Waals surface area contributed by atoms with E-state index in [4.69, 9.17) is 19.4 Å². The lowest BCUT2D eigenvalue weighted by Crippen LogP contribution is -2.13. The Morgan fingerprint density at radius 2 is 2.00 bits per heavy atom. The summed E-state index contributed by atoms with van der Waals surface area (Å²) in [6.45, 7) is 4.75. The van der Waals surface area contributed by atoms with Crippen LogP contribution in [-0.2, 0) is 11.4 Å². The molecule has 1 N–H and O–H groups in total. The first-order chi connectivity index (χ1) is 17.8. The van der Waals surface area contributed by atoms with Crippen molar-refractivity contribution in [1.29, 1.82) is 0 Å². The van der Waals surface area contributed by atoms with E-state index in [1.165, 1.54) is 5.57 Å². The molecule has 0 radical (unpaired) electrons. The van der Waals surface area contributed by atoms with Gasteiger partial charge in [0.2, 0.25) is 5.88 Å². The molecule has 37 heavy (non-hydrogen) atoms. The molecule has 2 aliphatic carbocycles. The molecule has 0 spiro atoms. The molecule has 1 aromatic carbocycles. The molecule has 1 fully saturated rings. The van der Waals surface area contributed by atoms with Crippen molar-refractivity contribution in [2.24, 2.45) is 11.3 Å². The molecule has 3 aromatic rings. The van der Waals surface area contributed by atoms with Crippen LogP contribution in [0.15, 0.2) is 54.9 Å². The van der Waals surface area contributed by atoms with E-state index in [0.717, 1.165) is 53.9 Å². The van der Waals surface area contributed by atoms with Crippen LogP contribution in [0.2, 0.25) is 0 Å². The maximum absolute atomic E-state index is 11.4. The van der Waals surface area contributed by atoms with E-state index in [1.54, 1.807) is 19.5 Å². The van der Waals surface area contributed by atoms with Crippen LogP contribution in [0.3, 0.4) is 0 Å². The third-order valence-electron chi connectivity index (χ3n) is 7.40. The van der Waals surface area contributed by atoms with E-state index in [2.05, 4.69) is 24.9 Å². The number of aromatic nitrogens is 3. The van der Waals surface area contributed by atoms with Gasteiger partial charge >= 0.3 is 5.97 Å². The largest absolute Gasteiger partial charge is 0.487 e. The van der Waals surface area contributed by atoms with Crippen LogP contribution >= 0.6 is 0 Å². The Kier molecular flexibility index (Phi) is 6.96. The summed E-state index contributed by atoms with van der Waals surface area (Å²) in [5.74, 6) is 0.953. The fourth-order valence-corrected chi connectivity index (χ4v) is 5.20. The molecular formula is C30H33N3O4. The van der Waals surface area contributed by atoms with Crippen LogP contribution in [0.1, 0.15) is 68.8 Å². The van der Waals surface area contributed by atoms with Gasteiger partial charge in [0.25, 0.3) is 0 Å². The number of allylic oxidation sites excluding steroid dienone is 2. The minimum atomic E-state index is -0.762. The number of methoxy groups -OCH3 is 1. The van der Waals surface area contributed by atoms with Crippen molar-refractivity contribution in [1.82, 2.24) is 15.0 Å². The zero-order valence-corrected chi connectivity index (χ0v) is 21.6. The molecule has 0 aliphatic heterocycles. The molecule has 5 rings (SSSR count). The highest BCUT2D eigenvalue weighted by atomic mass is 16.5. The summed E-state index contributed by atoms with van der Waals surface area (Å²) in [4.78, 5) is 25.5. The zero-order valence-electron chi connectivity index (χ0n) is 21.6. The van der Waals surface area contributed by atoms with Crippen LogP contribution in [0.4, 0.5) is 0 Å². The van der Waals surface area contributed by atoms with Crippen LogP contribution in [0, 0.1) is 11.3 Å². The quantitative estimate of drug-likeness (QED) is 0.350. The smallest absolute Gasteiger partial charge is 0.303 e. The Morgan fingerprint density at radius 1 is 1.16 bits per heavy atom. The normalized spacial score (nSPS) is 17.2. The Labute approximate surface area is 217 Å². The van der Waals surface area contributed by atoms with Gasteiger partial charge in [-0.3, -0.25) is 9.78 Å². The number of aliphatic carboxylic acids is 1. The van der Waals surface area contributed by atoms with Gasteiger partial charge in [-0.25, -0.2) is 9.97 Å². The summed E-state index contributed by atoms with van der Waals surface area (Å²) < 4.78 is 11.5. The SMILES string of the molecule is COc1cc(-c2ncc(COc3cccc([C@@H](CC(=O)O)C4CC4)c3)nc2C2=CCCC2(C)C)ccn1. The Hall–Kier alpha value is -3.74. The number of hydrogen-bond donors (Lipinski definition) is 1. The lowest BCUT2D eigenvalue weighted by Gasteiger charge is -2.24. The summed E-state index contributed by atoms with van der Waals surface area (Å²) in [6, 6.07) is 11.6. The summed E-state index contributed by atoms with van der Waals surface area (Å²) in [6.07, 6.45) is 10.1. The van der Waals surface area contributed by atoms with Gasteiger partial charge in [0.1, 0.15) is 12.4 Å². The number of benzene rings is 1. The third-order valence-corrected chi connectivity index (χ3v) is 7.40. The average Bonchev–Trinajstić information content (AvgIpc) is 3.68. The van der Waals surface area contributed by atoms with E-state index in [-0.39, 0.29) is 24.4 Å². The summed E-state index contributed by atoms with van der Waals surface area (Å²) >= 11 is 0. The lowest BCUT2D eigenvalue weighted by atomic mass is 9.83. The van der Waals surface area contributed by atoms with Crippen LogP contribution < -0.4 is 9.47 Å². The Morgan fingerprint density at radius 3 is 2.70 bits per heavy atom.